The lowest BCUT2D eigenvalue weighted by Crippen LogP contribution is -2.62. The number of benzene rings is 1. The van der Waals surface area contributed by atoms with Gasteiger partial charge in [0.25, 0.3) is 0 Å². The summed E-state index contributed by atoms with van der Waals surface area (Å²) < 4.78 is 10.4. The van der Waals surface area contributed by atoms with E-state index in [1.54, 1.807) is 32.4 Å². The van der Waals surface area contributed by atoms with Crippen molar-refractivity contribution in [1.29, 1.82) is 0 Å². The highest BCUT2D eigenvalue weighted by Crippen LogP contribution is 2.32. The van der Waals surface area contributed by atoms with E-state index < -0.39 is 5.54 Å². The largest absolute Gasteiger partial charge is 0.493 e. The van der Waals surface area contributed by atoms with E-state index in [-0.39, 0.29) is 5.91 Å². The van der Waals surface area contributed by atoms with E-state index in [0.29, 0.717) is 17.2 Å². The molecule has 1 aliphatic heterocycles. The average Bonchev–Trinajstić information content (AvgIpc) is 2.44. The third-order valence-corrected chi connectivity index (χ3v) is 3.91. The van der Waals surface area contributed by atoms with Crippen LogP contribution in [0.15, 0.2) is 18.2 Å². The molecule has 1 N–H and O–H groups in total. The molecule has 5 nitrogen and oxygen atoms in total. The number of carbonyl (C=O) groups is 1. The molecule has 5 heteroatoms. The summed E-state index contributed by atoms with van der Waals surface area (Å²) in [5.41, 5.74) is 0.303. The Kier molecular flexibility index (Phi) is 3.66. The van der Waals surface area contributed by atoms with Gasteiger partial charge < -0.3 is 14.8 Å². The van der Waals surface area contributed by atoms with Crippen LogP contribution in [0.3, 0.4) is 0 Å². The number of carbonyl (C=O) groups excluding carboxylic acids is 1. The van der Waals surface area contributed by atoms with Crippen molar-refractivity contribution < 1.29 is 14.3 Å². The van der Waals surface area contributed by atoms with Crippen molar-refractivity contribution in [2.75, 3.05) is 33.1 Å². The Balaban J connectivity index is 2.13. The molecule has 19 heavy (non-hydrogen) atoms. The Bertz CT molecular complexity index is 490. The first kappa shape index (κ1) is 13.7. The van der Waals surface area contributed by atoms with Gasteiger partial charge in [-0.3, -0.25) is 9.69 Å². The number of nitrogens with one attached hydrogen (secondary N) is 1. The SMILES string of the molecule is COc1ccc(NC(=O)C2(C)CCN2C)cc1OC. The van der Waals surface area contributed by atoms with Gasteiger partial charge in [0.05, 0.1) is 19.8 Å². The standard InChI is InChI=1S/C14H20N2O3/c1-14(7-8-16(14)2)13(17)15-10-5-6-11(18-3)12(9-10)19-4/h5-6,9H,7-8H2,1-4H3,(H,15,17). The van der Waals surface area contributed by atoms with E-state index in [1.165, 1.54) is 0 Å². The molecule has 1 atom stereocenters. The third-order valence-electron chi connectivity index (χ3n) is 3.91. The van der Waals surface area contributed by atoms with Crippen LogP contribution in [0.5, 0.6) is 11.5 Å². The van der Waals surface area contributed by atoms with Gasteiger partial charge in [-0.2, -0.15) is 0 Å². The molecule has 0 spiro atoms. The summed E-state index contributed by atoms with van der Waals surface area (Å²) in [7, 11) is 5.11. The monoisotopic (exact) mass is 264 g/mol. The third kappa shape index (κ3) is 2.38. The molecule has 0 aliphatic carbocycles. The predicted octanol–water partition coefficient (Wildman–Crippen LogP) is 1.74. The maximum Gasteiger partial charge on any atom is 0.244 e. The maximum absolute atomic E-state index is 12.3. The van der Waals surface area contributed by atoms with Crippen LogP contribution >= 0.6 is 0 Å². The van der Waals surface area contributed by atoms with E-state index in [0.717, 1.165) is 13.0 Å². The number of hydrogen-bond donors (Lipinski definition) is 1. The van der Waals surface area contributed by atoms with Gasteiger partial charge >= 0.3 is 0 Å². The van der Waals surface area contributed by atoms with Gasteiger partial charge in [-0.15, -0.1) is 0 Å². The minimum absolute atomic E-state index is 0.00784. The minimum Gasteiger partial charge on any atom is -0.493 e. The molecule has 1 amide bonds. The summed E-state index contributed by atoms with van der Waals surface area (Å²) in [5, 5.41) is 2.92. The van der Waals surface area contributed by atoms with Gasteiger partial charge in [-0.05, 0) is 32.5 Å². The van der Waals surface area contributed by atoms with Crippen LogP contribution in [0, 0.1) is 0 Å². The van der Waals surface area contributed by atoms with Crippen LogP contribution < -0.4 is 14.8 Å². The van der Waals surface area contributed by atoms with Crippen molar-refractivity contribution in [2.24, 2.45) is 0 Å². The van der Waals surface area contributed by atoms with Crippen LogP contribution in [-0.2, 0) is 4.79 Å². The molecule has 0 saturated carbocycles. The van der Waals surface area contributed by atoms with Gasteiger partial charge in [0.1, 0.15) is 0 Å². The van der Waals surface area contributed by atoms with Crippen molar-refractivity contribution in [2.45, 2.75) is 18.9 Å². The Morgan fingerprint density at radius 1 is 1.32 bits per heavy atom. The number of anilines is 1. The molecule has 0 bridgehead atoms. The second-order valence-electron chi connectivity index (χ2n) is 4.97. The number of amides is 1. The van der Waals surface area contributed by atoms with Crippen LogP contribution in [0.4, 0.5) is 5.69 Å². The zero-order chi connectivity index (χ0) is 14.0. The Morgan fingerprint density at radius 2 is 2.00 bits per heavy atom. The summed E-state index contributed by atoms with van der Waals surface area (Å²) in [6.07, 6.45) is 0.878. The number of ether oxygens (including phenoxy) is 2. The quantitative estimate of drug-likeness (QED) is 0.900. The molecular weight excluding hydrogens is 244 g/mol. The highest BCUT2D eigenvalue weighted by atomic mass is 16.5. The van der Waals surface area contributed by atoms with E-state index in [1.807, 2.05) is 18.9 Å². The van der Waals surface area contributed by atoms with Crippen molar-refractivity contribution in [3.05, 3.63) is 18.2 Å². The Hall–Kier alpha value is -1.75. The lowest BCUT2D eigenvalue weighted by molar-refractivity contribution is -0.133. The highest BCUT2D eigenvalue weighted by Gasteiger charge is 2.44. The minimum atomic E-state index is -0.410. The molecule has 1 aromatic carbocycles. The fourth-order valence-corrected chi connectivity index (χ4v) is 2.14. The fraction of sp³-hybridized carbons (Fsp3) is 0.500. The molecule has 0 radical (unpaired) electrons. The summed E-state index contributed by atoms with van der Waals surface area (Å²) in [5.74, 6) is 1.26. The van der Waals surface area contributed by atoms with Crippen LogP contribution in [0.1, 0.15) is 13.3 Å². The van der Waals surface area contributed by atoms with Gasteiger partial charge in [-0.25, -0.2) is 0 Å². The van der Waals surface area contributed by atoms with Gasteiger partial charge in [0.2, 0.25) is 5.91 Å². The number of likely N-dealkylation sites (tertiary alicyclic amines) is 1. The number of methoxy groups -OCH3 is 2. The summed E-state index contributed by atoms with van der Waals surface area (Å²) >= 11 is 0. The fourth-order valence-electron chi connectivity index (χ4n) is 2.14. The van der Waals surface area contributed by atoms with Crippen LogP contribution in [-0.4, -0.2) is 44.2 Å². The van der Waals surface area contributed by atoms with Crippen molar-refractivity contribution in [3.63, 3.8) is 0 Å². The van der Waals surface area contributed by atoms with Crippen molar-refractivity contribution in [1.82, 2.24) is 4.90 Å². The molecule has 1 heterocycles. The molecule has 2 rings (SSSR count). The van der Waals surface area contributed by atoms with E-state index >= 15 is 0 Å². The van der Waals surface area contributed by atoms with Crippen molar-refractivity contribution >= 4 is 11.6 Å². The zero-order valence-corrected chi connectivity index (χ0v) is 11.8. The first-order valence-electron chi connectivity index (χ1n) is 6.26. The summed E-state index contributed by atoms with van der Waals surface area (Å²) in [4.78, 5) is 14.3. The summed E-state index contributed by atoms with van der Waals surface area (Å²) in [6, 6.07) is 5.35. The Morgan fingerprint density at radius 3 is 2.47 bits per heavy atom. The smallest absolute Gasteiger partial charge is 0.244 e. The molecular formula is C14H20N2O3. The molecule has 1 fully saturated rings. The molecule has 104 valence electrons. The highest BCUT2D eigenvalue weighted by molar-refractivity contribution is 5.98. The number of likely N-dealkylation sites (N-methyl/N-ethyl adjacent to an activating group) is 1. The number of rotatable bonds is 4. The molecule has 1 aromatic rings. The van der Waals surface area contributed by atoms with E-state index in [9.17, 15) is 4.79 Å². The van der Waals surface area contributed by atoms with E-state index in [4.69, 9.17) is 9.47 Å². The van der Waals surface area contributed by atoms with Crippen LogP contribution in [0.25, 0.3) is 0 Å². The lowest BCUT2D eigenvalue weighted by Gasteiger charge is -2.46. The zero-order valence-electron chi connectivity index (χ0n) is 11.8. The molecule has 1 aliphatic rings. The first-order valence-corrected chi connectivity index (χ1v) is 6.26. The summed E-state index contributed by atoms with van der Waals surface area (Å²) in [6.45, 7) is 2.91. The molecule has 0 aromatic heterocycles. The van der Waals surface area contributed by atoms with Gasteiger partial charge in [-0.1, -0.05) is 0 Å². The Labute approximate surface area is 113 Å². The average molecular weight is 264 g/mol. The van der Waals surface area contributed by atoms with E-state index in [2.05, 4.69) is 5.32 Å². The maximum atomic E-state index is 12.3. The topological polar surface area (TPSA) is 50.8 Å². The second-order valence-corrected chi connectivity index (χ2v) is 4.97. The molecule has 1 unspecified atom stereocenters. The van der Waals surface area contributed by atoms with Gasteiger partial charge in [0, 0.05) is 18.3 Å². The van der Waals surface area contributed by atoms with Gasteiger partial charge in [0.15, 0.2) is 11.5 Å². The second kappa shape index (κ2) is 5.09. The van der Waals surface area contributed by atoms with Crippen molar-refractivity contribution in [3.8, 4) is 11.5 Å². The van der Waals surface area contributed by atoms with Crippen LogP contribution in [0.2, 0.25) is 0 Å². The lowest BCUT2D eigenvalue weighted by atomic mass is 9.86. The number of hydrogen-bond acceptors (Lipinski definition) is 4. The number of nitrogens with zero attached hydrogens (tertiary/aromatic N) is 1. The normalized spacial score (nSPS) is 22.5. The molecule has 1 saturated heterocycles. The predicted molar refractivity (Wildman–Crippen MR) is 73.8 cm³/mol. The first-order chi connectivity index (χ1) is 9.01.